The third-order valence-electron chi connectivity index (χ3n) is 3.01. The van der Waals surface area contributed by atoms with Gasteiger partial charge >= 0.3 is 70.6 Å². The third-order valence-corrected chi connectivity index (χ3v) is 4.39. The Bertz CT molecular complexity index is 581. The Kier molecular flexibility index (Phi) is 4.89. The smallest absolute Gasteiger partial charge is 0.123 e. The molecule has 0 spiro atoms. The molecule has 3 nitrogen and oxygen atoms in total. The van der Waals surface area contributed by atoms with Gasteiger partial charge < -0.3 is 5.73 Å². The molecule has 1 aliphatic rings. The molecule has 5 heteroatoms. The molecule has 0 radical (unpaired) electrons. The van der Waals surface area contributed by atoms with E-state index in [2.05, 4.69) is 47.9 Å². The van der Waals surface area contributed by atoms with Crippen LogP contribution in [0.5, 0.6) is 0 Å². The molecule has 2 aromatic rings. The van der Waals surface area contributed by atoms with Crippen LogP contribution in [0.2, 0.25) is 0 Å². The zero-order chi connectivity index (χ0) is 13.8. The molecular formula is C14H18FN3Pt. The maximum Gasteiger partial charge on any atom is 0.123 e. The van der Waals surface area contributed by atoms with Gasteiger partial charge in [0.05, 0.1) is 0 Å². The van der Waals surface area contributed by atoms with E-state index in [1.54, 1.807) is 12.1 Å². The number of nitrogens with zero attached hydrogens (tertiary/aromatic N) is 2. The summed E-state index contributed by atoms with van der Waals surface area (Å²) in [6, 6.07) is 6.98. The first kappa shape index (κ1) is 14.4. The van der Waals surface area contributed by atoms with Gasteiger partial charge in [0.2, 0.25) is 0 Å². The summed E-state index contributed by atoms with van der Waals surface area (Å²) in [4.78, 5) is 0. The predicted octanol–water partition coefficient (Wildman–Crippen LogP) is 2.52. The van der Waals surface area contributed by atoms with E-state index in [-0.39, 0.29) is 5.82 Å². The van der Waals surface area contributed by atoms with Crippen LogP contribution in [-0.2, 0) is 32.9 Å². The maximum absolute atomic E-state index is 12.2. The second kappa shape index (κ2) is 6.44. The Hall–Kier alpha value is -0.992. The van der Waals surface area contributed by atoms with Gasteiger partial charge in [-0.2, -0.15) is 0 Å². The van der Waals surface area contributed by atoms with Gasteiger partial charge in [-0.3, -0.25) is 0 Å². The second-order valence-electron chi connectivity index (χ2n) is 4.62. The van der Waals surface area contributed by atoms with Gasteiger partial charge in [0.1, 0.15) is 5.82 Å². The van der Waals surface area contributed by atoms with Crippen molar-refractivity contribution in [3.8, 4) is 0 Å². The van der Waals surface area contributed by atoms with E-state index in [0.29, 0.717) is 6.54 Å². The number of halogens is 1. The van der Waals surface area contributed by atoms with Crippen LogP contribution in [0.1, 0.15) is 24.4 Å². The quantitative estimate of drug-likeness (QED) is 0.763. The summed E-state index contributed by atoms with van der Waals surface area (Å²) in [6.07, 6.45) is 7.01. The molecule has 0 amide bonds. The van der Waals surface area contributed by atoms with Crippen molar-refractivity contribution < 1.29 is 23.7 Å². The molecule has 0 unspecified atom stereocenters. The van der Waals surface area contributed by atoms with Gasteiger partial charge in [-0.1, -0.05) is 12.1 Å². The first-order chi connectivity index (χ1) is 9.11. The molecule has 0 aliphatic heterocycles. The fourth-order valence-corrected chi connectivity index (χ4v) is 2.46. The zero-order valence-electron chi connectivity index (χ0n) is 10.8. The first-order valence-corrected chi connectivity index (χ1v) is 7.39. The molecule has 0 bridgehead atoms. The number of benzene rings is 1. The molecule has 3 rings (SSSR count). The van der Waals surface area contributed by atoms with Crippen LogP contribution in [0, 0.1) is 9.62 Å². The average Bonchev–Trinajstić information content (AvgIpc) is 3.20. The fraction of sp³-hybridized carbons (Fsp3) is 0.357. The van der Waals surface area contributed by atoms with E-state index < -0.39 is 0 Å². The second-order valence-corrected chi connectivity index (χ2v) is 5.64. The first-order valence-electron chi connectivity index (χ1n) is 6.25. The number of nitrogens with two attached hydrogens (primary N) is 1. The third kappa shape index (κ3) is 3.98. The van der Waals surface area contributed by atoms with Crippen LogP contribution in [0.25, 0.3) is 0 Å². The number of aromatic nitrogens is 2. The summed E-state index contributed by atoms with van der Waals surface area (Å²) >= 11 is 2.37. The van der Waals surface area contributed by atoms with Crippen LogP contribution in [0.3, 0.4) is 0 Å². The molecule has 0 saturated heterocycles. The topological polar surface area (TPSA) is 35.9 Å². The van der Waals surface area contributed by atoms with Crippen molar-refractivity contribution in [2.45, 2.75) is 25.4 Å². The number of imidazole rings is 1. The van der Waals surface area contributed by atoms with Gasteiger partial charge in [-0.25, -0.2) is 4.39 Å². The standard InChI is InChI=1S/C7H8FN.C7H10N2.Pt/c8-7-3-1-6(5-9)2-4-7;1-8-4-5-9(6-8)7-2-3-7;/h1-4H,5,9H2;4-5,7H,2-3H2,1H3;. The van der Waals surface area contributed by atoms with Gasteiger partial charge in [0.25, 0.3) is 0 Å². The molecule has 1 aromatic heterocycles. The van der Waals surface area contributed by atoms with Crippen molar-refractivity contribution in [2.75, 3.05) is 0 Å². The van der Waals surface area contributed by atoms with Crippen molar-refractivity contribution in [1.82, 2.24) is 9.13 Å². The largest absolute Gasteiger partial charge is 0.326 e. The summed E-state index contributed by atoms with van der Waals surface area (Å²) < 4.78 is 18.0. The molecule has 106 valence electrons. The van der Waals surface area contributed by atoms with Crippen molar-refractivity contribution in [3.63, 3.8) is 0 Å². The Balaban J connectivity index is 0.000000141. The molecule has 1 aromatic carbocycles. The van der Waals surface area contributed by atoms with Crippen molar-refractivity contribution in [1.29, 1.82) is 0 Å². The van der Waals surface area contributed by atoms with E-state index in [1.807, 2.05) is 0 Å². The van der Waals surface area contributed by atoms with Crippen LogP contribution in [0.15, 0.2) is 36.7 Å². The minimum Gasteiger partial charge on any atom is -0.326 e. The van der Waals surface area contributed by atoms with Crippen molar-refractivity contribution in [2.24, 2.45) is 12.8 Å². The molecule has 19 heavy (non-hydrogen) atoms. The van der Waals surface area contributed by atoms with Crippen LogP contribution in [0.4, 0.5) is 4.39 Å². The average molecular weight is 442 g/mol. The van der Waals surface area contributed by atoms with Crippen molar-refractivity contribution >= 4 is 0 Å². The Morgan fingerprint density at radius 3 is 2.32 bits per heavy atom. The Labute approximate surface area is 123 Å². The molecule has 1 saturated carbocycles. The summed E-state index contributed by atoms with van der Waals surface area (Å²) in [7, 11) is 2.08. The Morgan fingerprint density at radius 2 is 1.89 bits per heavy atom. The summed E-state index contributed by atoms with van der Waals surface area (Å²) in [6.45, 7) is 0.472. The van der Waals surface area contributed by atoms with Gasteiger partial charge in [-0.05, 0) is 17.7 Å². The van der Waals surface area contributed by atoms with Gasteiger partial charge in [0, 0.05) is 6.54 Å². The minimum atomic E-state index is -0.216. The Morgan fingerprint density at radius 1 is 1.26 bits per heavy atom. The summed E-state index contributed by atoms with van der Waals surface area (Å²) in [5.41, 5.74) is 6.23. The van der Waals surface area contributed by atoms with E-state index in [0.717, 1.165) is 11.6 Å². The number of hydrogen-bond donors (Lipinski definition) is 1. The van der Waals surface area contributed by atoms with E-state index in [4.69, 9.17) is 5.73 Å². The zero-order valence-corrected chi connectivity index (χ0v) is 13.1. The normalized spacial score (nSPS) is 13.9. The molecular weight excluding hydrogens is 424 g/mol. The minimum absolute atomic E-state index is 0.216. The molecule has 1 fully saturated rings. The molecule has 0 atom stereocenters. The van der Waals surface area contributed by atoms with E-state index in [9.17, 15) is 4.39 Å². The van der Waals surface area contributed by atoms with Gasteiger partial charge in [0.15, 0.2) is 0 Å². The van der Waals surface area contributed by atoms with E-state index >= 15 is 0 Å². The van der Waals surface area contributed by atoms with Crippen molar-refractivity contribution in [3.05, 3.63) is 51.8 Å². The van der Waals surface area contributed by atoms with Crippen LogP contribution < -0.4 is 5.73 Å². The predicted molar refractivity (Wildman–Crippen MR) is 69.2 cm³/mol. The van der Waals surface area contributed by atoms with E-state index in [1.165, 1.54) is 28.8 Å². The van der Waals surface area contributed by atoms with Gasteiger partial charge in [-0.15, -0.1) is 0 Å². The number of rotatable bonds is 2. The summed E-state index contributed by atoms with van der Waals surface area (Å²) in [5, 5.41) is 0. The maximum atomic E-state index is 12.2. The SMILES string of the molecule is Cn1ccn(C2CC2)[c]1=[Pt].NCc1ccc(F)cc1. The summed E-state index contributed by atoms with van der Waals surface area (Å²) in [5.74, 6) is -0.216. The number of hydrogen-bond acceptors (Lipinski definition) is 1. The monoisotopic (exact) mass is 442 g/mol. The molecule has 1 aliphatic carbocycles. The molecule has 2 N–H and O–H groups in total. The van der Waals surface area contributed by atoms with Crippen LogP contribution in [-0.4, -0.2) is 9.13 Å². The fourth-order valence-electron chi connectivity index (χ4n) is 1.70. The van der Waals surface area contributed by atoms with Crippen LogP contribution >= 0.6 is 0 Å². The molecule has 1 heterocycles. The number of aryl methyl sites for hydroxylation is 1.